The molecule has 2 heterocycles. The lowest BCUT2D eigenvalue weighted by molar-refractivity contribution is -0.118. The van der Waals surface area contributed by atoms with Gasteiger partial charge in [-0.3, -0.25) is 14.4 Å². The van der Waals surface area contributed by atoms with E-state index >= 15 is 0 Å². The van der Waals surface area contributed by atoms with Crippen LogP contribution in [0.5, 0.6) is 0 Å². The Labute approximate surface area is 202 Å². The number of rotatable bonds is 8. The van der Waals surface area contributed by atoms with Crippen LogP contribution >= 0.6 is 11.3 Å². The van der Waals surface area contributed by atoms with Crippen LogP contribution in [0.15, 0.2) is 28.8 Å². The molecule has 1 aliphatic carbocycles. The summed E-state index contributed by atoms with van der Waals surface area (Å²) in [7, 11) is 0. The first-order valence-corrected chi connectivity index (χ1v) is 11.4. The average molecular weight is 505 g/mol. The van der Waals surface area contributed by atoms with E-state index in [2.05, 4.69) is 15.5 Å². The Morgan fingerprint density at radius 3 is 2.54 bits per heavy atom. The third-order valence-electron chi connectivity index (χ3n) is 5.87. The molecule has 0 saturated heterocycles. The molecular weight excluding hydrogens is 482 g/mol. The number of hydrogen-bond donors (Lipinski definition) is 3. The number of anilines is 3. The molecule has 184 valence electrons. The van der Waals surface area contributed by atoms with E-state index in [4.69, 9.17) is 16.0 Å². The fourth-order valence-corrected chi connectivity index (χ4v) is 4.65. The van der Waals surface area contributed by atoms with E-state index in [1.54, 1.807) is 0 Å². The monoisotopic (exact) mass is 504 g/mol. The summed E-state index contributed by atoms with van der Waals surface area (Å²) in [6, 6.07) is 3.16. The van der Waals surface area contributed by atoms with Gasteiger partial charge in [0, 0.05) is 23.4 Å². The minimum Gasteiger partial charge on any atom is -0.382 e. The zero-order valence-corrected chi connectivity index (χ0v) is 19.6. The average Bonchev–Trinajstić information content (AvgIpc) is 3.42. The van der Waals surface area contributed by atoms with Crippen molar-refractivity contribution in [2.75, 3.05) is 10.6 Å². The summed E-state index contributed by atoms with van der Waals surface area (Å²) in [6.07, 6.45) is 2.71. The Morgan fingerprint density at radius 2 is 1.94 bits per heavy atom. The summed E-state index contributed by atoms with van der Waals surface area (Å²) >= 11 is 0.790. The molecule has 2 aromatic heterocycles. The van der Waals surface area contributed by atoms with Crippen LogP contribution in [0.3, 0.4) is 0 Å². The summed E-state index contributed by atoms with van der Waals surface area (Å²) in [5.74, 6) is -4.58. The van der Waals surface area contributed by atoms with E-state index in [9.17, 15) is 23.2 Å². The summed E-state index contributed by atoms with van der Waals surface area (Å²) in [5.41, 5.74) is 11.1. The Morgan fingerprint density at radius 1 is 1.23 bits per heavy atom. The molecule has 1 saturated carbocycles. The van der Waals surface area contributed by atoms with Crippen molar-refractivity contribution in [1.29, 1.82) is 0 Å². The van der Waals surface area contributed by atoms with E-state index in [0.717, 1.165) is 42.7 Å². The quantitative estimate of drug-likeness (QED) is 0.395. The Balaban J connectivity index is 1.63. The molecule has 35 heavy (non-hydrogen) atoms. The molecule has 4 rings (SSSR count). The number of ketones is 1. The second kappa shape index (κ2) is 9.06. The third kappa shape index (κ3) is 4.71. The van der Waals surface area contributed by atoms with Crippen LogP contribution in [0.2, 0.25) is 0 Å². The fraction of sp³-hybridized carbons (Fsp3) is 0.318. The standard InChI is InChI=1S/C22H22F2N6O4S/c1-10(19(26)32)30(11-4-5-12(23)13(24)8-11)21-27-18(25)17(35-21)16(31)15-9-14(29-34-15)20(33)28-22(2)6-3-7-22/h4-5,8-10H,3,6-7,25H2,1-2H3,(H2,26,32)(H,28,33). The van der Waals surface area contributed by atoms with Gasteiger partial charge in [0.15, 0.2) is 22.5 Å². The number of amides is 2. The molecule has 13 heteroatoms. The number of carbonyl (C=O) groups excluding carboxylic acids is 3. The van der Waals surface area contributed by atoms with E-state index in [1.807, 2.05) is 6.92 Å². The highest BCUT2D eigenvalue weighted by molar-refractivity contribution is 7.18. The lowest BCUT2D eigenvalue weighted by atomic mass is 9.78. The predicted octanol–water partition coefficient (Wildman–Crippen LogP) is 2.91. The van der Waals surface area contributed by atoms with Gasteiger partial charge in [-0.05, 0) is 45.2 Å². The van der Waals surface area contributed by atoms with Crippen molar-refractivity contribution < 1.29 is 27.7 Å². The topological polar surface area (TPSA) is 157 Å². The van der Waals surface area contributed by atoms with Gasteiger partial charge in [0.25, 0.3) is 5.91 Å². The van der Waals surface area contributed by atoms with Crippen molar-refractivity contribution in [2.45, 2.75) is 44.7 Å². The van der Waals surface area contributed by atoms with Crippen LogP contribution in [-0.2, 0) is 4.79 Å². The Kier molecular flexibility index (Phi) is 6.28. The lowest BCUT2D eigenvalue weighted by Crippen LogP contribution is -2.51. The molecule has 0 spiro atoms. The number of halogens is 2. The number of nitrogens with two attached hydrogens (primary N) is 2. The van der Waals surface area contributed by atoms with Gasteiger partial charge in [0.05, 0.1) is 0 Å². The number of nitrogens with zero attached hydrogens (tertiary/aromatic N) is 3. The predicted molar refractivity (Wildman–Crippen MR) is 123 cm³/mol. The van der Waals surface area contributed by atoms with E-state index in [-0.39, 0.29) is 38.5 Å². The third-order valence-corrected chi connectivity index (χ3v) is 6.94. The molecule has 2 amide bonds. The SMILES string of the molecule is CC(C(N)=O)N(c1ccc(F)c(F)c1)c1nc(N)c(C(=O)c2cc(C(=O)NC3(C)CCC3)no2)s1. The molecule has 0 radical (unpaired) electrons. The maximum absolute atomic E-state index is 13.9. The number of aromatic nitrogens is 2. The van der Waals surface area contributed by atoms with Gasteiger partial charge in [-0.2, -0.15) is 0 Å². The van der Waals surface area contributed by atoms with Crippen LogP contribution in [0.4, 0.5) is 25.4 Å². The molecule has 1 aliphatic rings. The fourth-order valence-electron chi connectivity index (χ4n) is 3.62. The zero-order chi connectivity index (χ0) is 25.5. The molecule has 1 atom stereocenters. The van der Waals surface area contributed by atoms with E-state index in [0.29, 0.717) is 0 Å². The van der Waals surface area contributed by atoms with Gasteiger partial charge >= 0.3 is 0 Å². The summed E-state index contributed by atoms with van der Waals surface area (Å²) in [5, 5.41) is 6.59. The maximum atomic E-state index is 13.9. The van der Waals surface area contributed by atoms with Crippen molar-refractivity contribution in [3.05, 3.63) is 52.2 Å². The number of thiazole rings is 1. The highest BCUT2D eigenvalue weighted by Gasteiger charge is 2.35. The van der Waals surface area contributed by atoms with Crippen LogP contribution < -0.4 is 21.7 Å². The van der Waals surface area contributed by atoms with Crippen LogP contribution in [0.1, 0.15) is 59.0 Å². The van der Waals surface area contributed by atoms with Crippen molar-refractivity contribution in [1.82, 2.24) is 15.5 Å². The maximum Gasteiger partial charge on any atom is 0.273 e. The first-order chi connectivity index (χ1) is 16.5. The number of nitrogens with one attached hydrogen (secondary N) is 1. The number of nitrogen functional groups attached to an aromatic ring is 1. The van der Waals surface area contributed by atoms with Gasteiger partial charge in [-0.1, -0.05) is 16.5 Å². The molecule has 10 nitrogen and oxygen atoms in total. The summed E-state index contributed by atoms with van der Waals surface area (Å²) in [4.78, 5) is 42.7. The van der Waals surface area contributed by atoms with Gasteiger partial charge in [0.2, 0.25) is 17.5 Å². The van der Waals surface area contributed by atoms with E-state index < -0.39 is 35.3 Å². The van der Waals surface area contributed by atoms with Crippen molar-refractivity contribution in [3.63, 3.8) is 0 Å². The zero-order valence-electron chi connectivity index (χ0n) is 18.8. The van der Waals surface area contributed by atoms with Crippen LogP contribution in [0, 0.1) is 11.6 Å². The van der Waals surface area contributed by atoms with Crippen LogP contribution in [-0.4, -0.2) is 39.3 Å². The van der Waals surface area contributed by atoms with Crippen molar-refractivity contribution >= 4 is 45.6 Å². The smallest absolute Gasteiger partial charge is 0.273 e. The molecule has 1 unspecified atom stereocenters. The van der Waals surface area contributed by atoms with Gasteiger partial charge in [-0.25, -0.2) is 13.8 Å². The lowest BCUT2D eigenvalue weighted by Gasteiger charge is -2.38. The molecule has 1 fully saturated rings. The van der Waals surface area contributed by atoms with E-state index in [1.165, 1.54) is 24.0 Å². The molecule has 5 N–H and O–H groups in total. The normalized spacial score (nSPS) is 15.2. The minimum absolute atomic E-state index is 0.0403. The van der Waals surface area contributed by atoms with Crippen molar-refractivity contribution in [3.8, 4) is 0 Å². The van der Waals surface area contributed by atoms with Gasteiger partial charge in [-0.15, -0.1) is 0 Å². The number of carbonyl (C=O) groups is 3. The molecule has 3 aromatic rings. The molecule has 1 aromatic carbocycles. The molecular formula is C22H22F2N6O4S. The number of primary amides is 1. The highest BCUT2D eigenvalue weighted by atomic mass is 32.1. The molecule has 0 bridgehead atoms. The second-order valence-electron chi connectivity index (χ2n) is 8.53. The van der Waals surface area contributed by atoms with Crippen LogP contribution in [0.25, 0.3) is 0 Å². The number of hydrogen-bond acceptors (Lipinski definition) is 9. The summed E-state index contributed by atoms with van der Waals surface area (Å²) < 4.78 is 32.4. The highest BCUT2D eigenvalue weighted by Crippen LogP contribution is 2.36. The molecule has 0 aliphatic heterocycles. The van der Waals surface area contributed by atoms with Gasteiger partial charge in [0.1, 0.15) is 16.7 Å². The Hall–Kier alpha value is -3.87. The number of benzene rings is 1. The van der Waals surface area contributed by atoms with Gasteiger partial charge < -0.3 is 26.2 Å². The summed E-state index contributed by atoms with van der Waals surface area (Å²) in [6.45, 7) is 3.36. The Bertz CT molecular complexity index is 1320. The second-order valence-corrected chi connectivity index (χ2v) is 9.51. The minimum atomic E-state index is -1.15. The first kappa shape index (κ1) is 24.3. The first-order valence-electron chi connectivity index (χ1n) is 10.6. The largest absolute Gasteiger partial charge is 0.382 e. The van der Waals surface area contributed by atoms with Crippen molar-refractivity contribution in [2.24, 2.45) is 5.73 Å².